The minimum atomic E-state index is -1.80. The van der Waals surface area contributed by atoms with Gasteiger partial charge in [-0.05, 0) is 83.5 Å². The first-order valence-corrected chi connectivity index (χ1v) is 37.2. The Morgan fingerprint density at radius 3 is 1.17 bits per heavy atom. The molecule has 9 N–H and O–H groups in total. The van der Waals surface area contributed by atoms with E-state index in [-0.39, 0.29) is 18.9 Å². The van der Waals surface area contributed by atoms with Crippen LogP contribution >= 0.6 is 0 Å². The molecule has 12 unspecified atom stereocenters. The summed E-state index contributed by atoms with van der Waals surface area (Å²) in [6.07, 6.45) is 65.4. The van der Waals surface area contributed by atoms with Crippen molar-refractivity contribution in [1.29, 1.82) is 0 Å². The fourth-order valence-corrected chi connectivity index (χ4v) is 11.9. The summed E-state index contributed by atoms with van der Waals surface area (Å²) in [7, 11) is 0. The first-order chi connectivity index (χ1) is 44.1. The predicted octanol–water partition coefficient (Wildman–Crippen LogP) is 15.8. The molecule has 12 atom stereocenters. The lowest BCUT2D eigenvalue weighted by atomic mass is 9.97. The molecule has 524 valence electrons. The Kier molecular flexibility index (Phi) is 55.8. The first kappa shape index (κ1) is 83.5. The summed E-state index contributed by atoms with van der Waals surface area (Å²) >= 11 is 0. The molecule has 2 saturated heterocycles. The molecular formula is C76H137NO13. The van der Waals surface area contributed by atoms with E-state index in [0.29, 0.717) is 12.8 Å². The van der Waals surface area contributed by atoms with Crippen molar-refractivity contribution in [3.8, 4) is 0 Å². The molecule has 0 saturated carbocycles. The number of nitrogens with one attached hydrogen (secondary N) is 1. The molecule has 0 bridgehead atoms. The van der Waals surface area contributed by atoms with E-state index < -0.39 is 86.8 Å². The van der Waals surface area contributed by atoms with Gasteiger partial charge in [-0.1, -0.05) is 292 Å². The lowest BCUT2D eigenvalue weighted by molar-refractivity contribution is -0.359. The minimum Gasteiger partial charge on any atom is -0.394 e. The Bertz CT molecular complexity index is 1790. The molecule has 2 rings (SSSR count). The van der Waals surface area contributed by atoms with E-state index in [1.807, 2.05) is 6.08 Å². The molecule has 2 fully saturated rings. The molecule has 2 aliphatic heterocycles. The van der Waals surface area contributed by atoms with Gasteiger partial charge in [0.15, 0.2) is 12.6 Å². The van der Waals surface area contributed by atoms with Crippen LogP contribution in [0, 0.1) is 0 Å². The molecule has 0 radical (unpaired) electrons. The lowest BCUT2D eigenvalue weighted by Gasteiger charge is -2.46. The zero-order chi connectivity index (χ0) is 65.2. The SMILES string of the molecule is CCCCCCC/C=C\C/C=C\C/C=C\CCCCCCCCCCCCCCCCCCCCC(=O)NC(COC1OC(CO)C(OC2OC(CO)C(O)C(O)C2O)C(O)C1O)C(O)/C=C/CC/C=C/CC/C=C/CCCCCCCCCCCCCCC. The van der Waals surface area contributed by atoms with Crippen LogP contribution in [0.1, 0.15) is 309 Å². The number of carbonyl (C=O) groups excluding carboxylic acids is 1. The largest absolute Gasteiger partial charge is 0.394 e. The summed E-state index contributed by atoms with van der Waals surface area (Å²) < 4.78 is 22.9. The van der Waals surface area contributed by atoms with Crippen molar-refractivity contribution < 1.29 is 64.6 Å². The monoisotopic (exact) mass is 1270 g/mol. The van der Waals surface area contributed by atoms with E-state index in [1.165, 1.54) is 218 Å². The van der Waals surface area contributed by atoms with Gasteiger partial charge in [-0.3, -0.25) is 4.79 Å². The van der Waals surface area contributed by atoms with Gasteiger partial charge < -0.3 is 65.1 Å². The molecular weight excluding hydrogens is 1130 g/mol. The molecule has 0 aromatic rings. The van der Waals surface area contributed by atoms with Crippen molar-refractivity contribution in [3.05, 3.63) is 72.9 Å². The number of unbranched alkanes of at least 4 members (excludes halogenated alkanes) is 38. The van der Waals surface area contributed by atoms with Crippen LogP contribution in [0.3, 0.4) is 0 Å². The molecule has 14 heteroatoms. The highest BCUT2D eigenvalue weighted by Crippen LogP contribution is 2.30. The zero-order valence-corrected chi connectivity index (χ0v) is 57.1. The summed E-state index contributed by atoms with van der Waals surface area (Å²) in [5.74, 6) is -0.251. The van der Waals surface area contributed by atoms with E-state index in [9.17, 15) is 45.6 Å². The number of carbonyl (C=O) groups is 1. The van der Waals surface area contributed by atoms with E-state index in [2.05, 4.69) is 79.9 Å². The van der Waals surface area contributed by atoms with Crippen LogP contribution in [0.2, 0.25) is 0 Å². The van der Waals surface area contributed by atoms with Crippen LogP contribution in [0.5, 0.6) is 0 Å². The number of ether oxygens (including phenoxy) is 4. The maximum absolute atomic E-state index is 13.3. The lowest BCUT2D eigenvalue weighted by Crippen LogP contribution is -2.65. The molecule has 2 heterocycles. The number of rotatable bonds is 61. The summed E-state index contributed by atoms with van der Waals surface area (Å²) in [4.78, 5) is 13.3. The Balaban J connectivity index is 1.66. The van der Waals surface area contributed by atoms with Crippen LogP contribution < -0.4 is 5.32 Å². The number of hydrogen-bond acceptors (Lipinski definition) is 13. The van der Waals surface area contributed by atoms with Crippen LogP contribution in [0.25, 0.3) is 0 Å². The number of allylic oxidation sites excluding steroid dienone is 11. The summed E-state index contributed by atoms with van der Waals surface area (Å²) in [6, 6.07) is -0.941. The average molecular weight is 1270 g/mol. The third-order valence-corrected chi connectivity index (χ3v) is 17.8. The maximum Gasteiger partial charge on any atom is 0.220 e. The minimum absolute atomic E-state index is 0.251. The van der Waals surface area contributed by atoms with E-state index >= 15 is 0 Å². The smallest absolute Gasteiger partial charge is 0.220 e. The molecule has 1 amide bonds. The van der Waals surface area contributed by atoms with Crippen LogP contribution in [0.15, 0.2) is 72.9 Å². The summed E-state index contributed by atoms with van der Waals surface area (Å²) in [6.45, 7) is 2.80. The standard InChI is InChI=1S/C76H137NO13/c1-3-5-7-9-11-13-15-17-19-21-23-25-27-28-29-30-31-32-33-34-35-36-38-40-42-44-46-48-50-52-54-56-58-60-68(81)77-64(63-87-75-73(86)71(84)74(67(62-79)89-75)90-76-72(85)70(83)69(82)66(61-78)88-76)65(80)59-57-55-53-51-49-47-45-43-41-39-37-26-24-22-20-18-16-14-12-10-8-6-4-2/h15,17,21,23,27-28,41,43,49,51,57,59,64-67,69-76,78-80,82-86H,3-14,16,18-20,22,24-26,29-40,42,44-48,50,52-56,58,60-63H2,1-2H3,(H,77,81)/b17-15-,23-21-,28-27-,43-41+,51-49+,59-57+. The van der Waals surface area contributed by atoms with Gasteiger partial charge in [-0.15, -0.1) is 0 Å². The van der Waals surface area contributed by atoms with Gasteiger partial charge in [0.2, 0.25) is 5.91 Å². The molecule has 0 aliphatic carbocycles. The van der Waals surface area contributed by atoms with Crippen molar-refractivity contribution in [1.82, 2.24) is 5.32 Å². The van der Waals surface area contributed by atoms with Crippen LogP contribution in [0.4, 0.5) is 0 Å². The van der Waals surface area contributed by atoms with Crippen molar-refractivity contribution in [3.63, 3.8) is 0 Å². The van der Waals surface area contributed by atoms with E-state index in [0.717, 1.165) is 57.8 Å². The fraction of sp³-hybridized carbons (Fsp3) is 0.829. The second kappa shape index (κ2) is 60.1. The normalized spacial score (nSPS) is 23.3. The Labute approximate surface area is 548 Å². The van der Waals surface area contributed by atoms with Crippen LogP contribution in [-0.4, -0.2) is 140 Å². The zero-order valence-electron chi connectivity index (χ0n) is 57.1. The molecule has 2 aliphatic rings. The van der Waals surface area contributed by atoms with Crippen LogP contribution in [-0.2, 0) is 23.7 Å². The Morgan fingerprint density at radius 1 is 0.400 bits per heavy atom. The second-order valence-electron chi connectivity index (χ2n) is 26.1. The Morgan fingerprint density at radius 2 is 0.744 bits per heavy atom. The van der Waals surface area contributed by atoms with E-state index in [4.69, 9.17) is 18.9 Å². The highest BCUT2D eigenvalue weighted by molar-refractivity contribution is 5.76. The predicted molar refractivity (Wildman–Crippen MR) is 369 cm³/mol. The summed E-state index contributed by atoms with van der Waals surface area (Å²) in [5, 5.41) is 87.5. The highest BCUT2D eigenvalue weighted by atomic mass is 16.7. The average Bonchev–Trinajstić information content (AvgIpc) is 1.41. The molecule has 90 heavy (non-hydrogen) atoms. The van der Waals surface area contributed by atoms with Crippen molar-refractivity contribution in [2.24, 2.45) is 0 Å². The summed E-state index contributed by atoms with van der Waals surface area (Å²) in [5.41, 5.74) is 0. The quantitative estimate of drug-likeness (QED) is 0.0204. The third kappa shape index (κ3) is 43.4. The van der Waals surface area contributed by atoms with Crippen molar-refractivity contribution in [2.45, 2.75) is 383 Å². The van der Waals surface area contributed by atoms with E-state index in [1.54, 1.807) is 6.08 Å². The molecule has 14 nitrogen and oxygen atoms in total. The Hall–Kier alpha value is -2.57. The number of amides is 1. The number of aliphatic hydroxyl groups is 8. The molecule has 0 aromatic heterocycles. The number of hydrogen-bond donors (Lipinski definition) is 9. The van der Waals surface area contributed by atoms with Gasteiger partial charge >= 0.3 is 0 Å². The topological polar surface area (TPSA) is 228 Å². The maximum atomic E-state index is 13.3. The number of aliphatic hydroxyl groups excluding tert-OH is 8. The van der Waals surface area contributed by atoms with Gasteiger partial charge in [-0.2, -0.15) is 0 Å². The fourth-order valence-electron chi connectivity index (χ4n) is 11.9. The van der Waals surface area contributed by atoms with Crippen molar-refractivity contribution in [2.75, 3.05) is 19.8 Å². The first-order valence-electron chi connectivity index (χ1n) is 37.2. The third-order valence-electron chi connectivity index (χ3n) is 17.8. The van der Waals surface area contributed by atoms with Gasteiger partial charge in [0.05, 0.1) is 32.0 Å². The van der Waals surface area contributed by atoms with Crippen molar-refractivity contribution >= 4 is 5.91 Å². The second-order valence-corrected chi connectivity index (χ2v) is 26.1. The highest BCUT2D eigenvalue weighted by Gasteiger charge is 2.51. The molecule has 0 spiro atoms. The van der Waals surface area contributed by atoms with Gasteiger partial charge in [0.25, 0.3) is 0 Å². The van der Waals surface area contributed by atoms with Gasteiger partial charge in [0, 0.05) is 6.42 Å². The van der Waals surface area contributed by atoms with Gasteiger partial charge in [-0.25, -0.2) is 0 Å². The van der Waals surface area contributed by atoms with Gasteiger partial charge in [0.1, 0.15) is 48.8 Å². The molecule has 0 aromatic carbocycles.